The first kappa shape index (κ1) is 15.1. The number of phenolic OH excluding ortho intramolecular Hbond substituents is 1. The van der Waals surface area contributed by atoms with Crippen LogP contribution >= 0.6 is 0 Å². The standard InChI is InChI=1S/C20H18O3/c1-12-5-7-16(18(22)10-12)17(21)8-9-19-14(3)15-6-4-13(2)11-20(15)23-19/h4-11,22H,1-3H3/b9-8+. The Kier molecular flexibility index (Phi) is 3.78. The number of carbonyl (C=O) groups excluding carboxylic acids is 1. The lowest BCUT2D eigenvalue weighted by molar-refractivity contribution is 0.104. The summed E-state index contributed by atoms with van der Waals surface area (Å²) in [6.45, 7) is 5.84. The molecule has 0 radical (unpaired) electrons. The molecule has 3 nitrogen and oxygen atoms in total. The summed E-state index contributed by atoms with van der Waals surface area (Å²) in [4.78, 5) is 12.2. The highest BCUT2D eigenvalue weighted by Crippen LogP contribution is 2.27. The molecule has 0 saturated heterocycles. The molecular formula is C20H18O3. The van der Waals surface area contributed by atoms with Gasteiger partial charge in [0.25, 0.3) is 0 Å². The van der Waals surface area contributed by atoms with Crippen LogP contribution in [-0.2, 0) is 0 Å². The molecule has 1 aromatic heterocycles. The van der Waals surface area contributed by atoms with Crippen LogP contribution < -0.4 is 0 Å². The van der Waals surface area contributed by atoms with Crippen molar-refractivity contribution in [3.05, 3.63) is 70.5 Å². The zero-order valence-corrected chi connectivity index (χ0v) is 13.4. The molecule has 0 aliphatic heterocycles. The van der Waals surface area contributed by atoms with Crippen LogP contribution in [0.3, 0.4) is 0 Å². The van der Waals surface area contributed by atoms with Crippen molar-refractivity contribution >= 4 is 22.8 Å². The van der Waals surface area contributed by atoms with E-state index in [1.165, 1.54) is 6.08 Å². The van der Waals surface area contributed by atoms with Crippen molar-refractivity contribution in [3.8, 4) is 5.75 Å². The summed E-state index contributed by atoms with van der Waals surface area (Å²) in [5.74, 6) is 0.403. The van der Waals surface area contributed by atoms with Crippen molar-refractivity contribution < 1.29 is 14.3 Å². The Morgan fingerprint density at radius 2 is 1.74 bits per heavy atom. The van der Waals surface area contributed by atoms with E-state index in [1.807, 2.05) is 39.0 Å². The van der Waals surface area contributed by atoms with Gasteiger partial charge < -0.3 is 9.52 Å². The van der Waals surface area contributed by atoms with E-state index in [2.05, 4.69) is 0 Å². The van der Waals surface area contributed by atoms with Crippen LogP contribution in [0.4, 0.5) is 0 Å². The molecule has 1 N–H and O–H groups in total. The van der Waals surface area contributed by atoms with Crippen molar-refractivity contribution in [1.29, 1.82) is 0 Å². The number of phenols is 1. The van der Waals surface area contributed by atoms with Crippen LogP contribution in [0, 0.1) is 20.8 Å². The van der Waals surface area contributed by atoms with Gasteiger partial charge in [-0.05, 0) is 62.2 Å². The summed E-state index contributed by atoms with van der Waals surface area (Å²) >= 11 is 0. The maximum Gasteiger partial charge on any atom is 0.189 e. The Labute approximate surface area is 134 Å². The van der Waals surface area contributed by atoms with Gasteiger partial charge in [-0.25, -0.2) is 0 Å². The summed E-state index contributed by atoms with van der Waals surface area (Å²) in [7, 11) is 0. The summed E-state index contributed by atoms with van der Waals surface area (Å²) in [6, 6.07) is 11.0. The summed E-state index contributed by atoms with van der Waals surface area (Å²) < 4.78 is 5.81. The van der Waals surface area contributed by atoms with E-state index < -0.39 is 0 Å². The maximum absolute atomic E-state index is 12.2. The van der Waals surface area contributed by atoms with E-state index >= 15 is 0 Å². The fourth-order valence-corrected chi connectivity index (χ4v) is 2.60. The molecule has 0 fully saturated rings. The SMILES string of the molecule is Cc1ccc(C(=O)/C=C/c2oc3cc(C)ccc3c2C)c(O)c1. The van der Waals surface area contributed by atoms with Crippen molar-refractivity contribution in [1.82, 2.24) is 0 Å². The quantitative estimate of drug-likeness (QED) is 0.549. The number of rotatable bonds is 3. The Bertz CT molecular complexity index is 929. The minimum atomic E-state index is -0.251. The van der Waals surface area contributed by atoms with E-state index in [1.54, 1.807) is 24.3 Å². The lowest BCUT2D eigenvalue weighted by Crippen LogP contribution is -1.95. The highest BCUT2D eigenvalue weighted by Gasteiger charge is 2.11. The Morgan fingerprint density at radius 1 is 1.04 bits per heavy atom. The van der Waals surface area contributed by atoms with Gasteiger partial charge in [0.15, 0.2) is 5.78 Å². The maximum atomic E-state index is 12.2. The first-order chi connectivity index (χ1) is 11.0. The first-order valence-corrected chi connectivity index (χ1v) is 7.47. The van der Waals surface area contributed by atoms with Gasteiger partial charge in [-0.1, -0.05) is 18.2 Å². The van der Waals surface area contributed by atoms with Crippen molar-refractivity contribution in [2.24, 2.45) is 0 Å². The minimum Gasteiger partial charge on any atom is -0.507 e. The molecule has 0 bridgehead atoms. The van der Waals surface area contributed by atoms with Crippen LogP contribution in [0.5, 0.6) is 5.75 Å². The van der Waals surface area contributed by atoms with Gasteiger partial charge in [0.05, 0.1) is 5.56 Å². The smallest absolute Gasteiger partial charge is 0.189 e. The number of benzene rings is 2. The number of fused-ring (bicyclic) bond motifs is 1. The molecule has 0 amide bonds. The van der Waals surface area contributed by atoms with Crippen LogP contribution in [0.25, 0.3) is 17.0 Å². The van der Waals surface area contributed by atoms with Gasteiger partial charge in [-0.3, -0.25) is 4.79 Å². The molecule has 0 aliphatic rings. The van der Waals surface area contributed by atoms with Gasteiger partial charge in [0, 0.05) is 10.9 Å². The topological polar surface area (TPSA) is 50.4 Å². The summed E-state index contributed by atoms with van der Waals surface area (Å²) in [6.07, 6.45) is 3.09. The predicted octanol–water partition coefficient (Wildman–Crippen LogP) is 4.96. The van der Waals surface area contributed by atoms with E-state index in [-0.39, 0.29) is 17.1 Å². The monoisotopic (exact) mass is 306 g/mol. The van der Waals surface area contributed by atoms with Crippen LogP contribution in [0.2, 0.25) is 0 Å². The largest absolute Gasteiger partial charge is 0.507 e. The van der Waals surface area contributed by atoms with E-state index in [0.717, 1.165) is 27.7 Å². The number of aryl methyl sites for hydroxylation is 3. The third-order valence-electron chi connectivity index (χ3n) is 3.94. The molecule has 3 rings (SSSR count). The lowest BCUT2D eigenvalue weighted by Gasteiger charge is -2.01. The number of furan rings is 1. The number of hydrogen-bond acceptors (Lipinski definition) is 3. The molecule has 0 unspecified atom stereocenters. The first-order valence-electron chi connectivity index (χ1n) is 7.47. The average Bonchev–Trinajstić information content (AvgIpc) is 2.80. The second kappa shape index (κ2) is 5.76. The summed E-state index contributed by atoms with van der Waals surface area (Å²) in [5, 5.41) is 10.9. The Balaban J connectivity index is 1.93. The van der Waals surface area contributed by atoms with Gasteiger partial charge in [0.2, 0.25) is 0 Å². The number of carbonyl (C=O) groups is 1. The average molecular weight is 306 g/mol. The minimum absolute atomic E-state index is 0.00315. The van der Waals surface area contributed by atoms with E-state index in [0.29, 0.717) is 5.76 Å². The molecule has 1 heterocycles. The third-order valence-corrected chi connectivity index (χ3v) is 3.94. The molecule has 23 heavy (non-hydrogen) atoms. The van der Waals surface area contributed by atoms with E-state index in [9.17, 15) is 9.90 Å². The number of hydrogen-bond donors (Lipinski definition) is 1. The molecule has 0 saturated carbocycles. The number of aromatic hydroxyl groups is 1. The highest BCUT2D eigenvalue weighted by atomic mass is 16.3. The molecule has 3 aromatic rings. The normalized spacial score (nSPS) is 11.4. The van der Waals surface area contributed by atoms with Crippen molar-refractivity contribution in [2.75, 3.05) is 0 Å². The van der Waals surface area contributed by atoms with Gasteiger partial charge in [-0.2, -0.15) is 0 Å². The zero-order chi connectivity index (χ0) is 16.6. The molecule has 0 aliphatic carbocycles. The van der Waals surface area contributed by atoms with Crippen molar-refractivity contribution in [3.63, 3.8) is 0 Å². The summed E-state index contributed by atoms with van der Waals surface area (Å²) in [5.41, 5.74) is 4.13. The lowest BCUT2D eigenvalue weighted by atomic mass is 10.1. The molecular weight excluding hydrogens is 288 g/mol. The molecule has 2 aromatic carbocycles. The number of ketones is 1. The molecule has 3 heteroatoms. The highest BCUT2D eigenvalue weighted by molar-refractivity contribution is 6.08. The van der Waals surface area contributed by atoms with Crippen LogP contribution in [0.15, 0.2) is 46.9 Å². The van der Waals surface area contributed by atoms with Gasteiger partial charge in [-0.15, -0.1) is 0 Å². The van der Waals surface area contributed by atoms with Gasteiger partial charge in [0.1, 0.15) is 17.1 Å². The predicted molar refractivity (Wildman–Crippen MR) is 91.9 cm³/mol. The second-order valence-electron chi connectivity index (χ2n) is 5.81. The molecule has 0 spiro atoms. The molecule has 0 atom stereocenters. The van der Waals surface area contributed by atoms with E-state index in [4.69, 9.17) is 4.42 Å². The Hall–Kier alpha value is -2.81. The second-order valence-corrected chi connectivity index (χ2v) is 5.81. The van der Waals surface area contributed by atoms with Gasteiger partial charge >= 0.3 is 0 Å². The third kappa shape index (κ3) is 2.90. The zero-order valence-electron chi connectivity index (χ0n) is 13.4. The fourth-order valence-electron chi connectivity index (χ4n) is 2.60. The Morgan fingerprint density at radius 3 is 2.48 bits per heavy atom. The molecule has 116 valence electrons. The van der Waals surface area contributed by atoms with Crippen LogP contribution in [-0.4, -0.2) is 10.9 Å². The van der Waals surface area contributed by atoms with Crippen molar-refractivity contribution in [2.45, 2.75) is 20.8 Å². The van der Waals surface area contributed by atoms with Crippen LogP contribution in [0.1, 0.15) is 32.8 Å². The number of allylic oxidation sites excluding steroid dienone is 1. The fraction of sp³-hybridized carbons (Fsp3) is 0.150.